The molecule has 0 aromatic heterocycles. The first-order valence-electron chi connectivity index (χ1n) is 7.49. The predicted molar refractivity (Wildman–Crippen MR) is 73.1 cm³/mol. The Balaban J connectivity index is 2.55. The molecule has 3 N–H and O–H groups in total. The molecule has 1 unspecified atom stereocenters. The lowest BCUT2D eigenvalue weighted by molar-refractivity contribution is -0.323. The molecule has 0 amide bonds. The van der Waals surface area contributed by atoms with Gasteiger partial charge in [-0.1, -0.05) is 6.42 Å². The third-order valence-corrected chi connectivity index (χ3v) is 3.42. The average Bonchev–Trinajstić information content (AvgIpc) is 2.46. The van der Waals surface area contributed by atoms with Crippen molar-refractivity contribution in [1.82, 2.24) is 0 Å². The zero-order chi connectivity index (χ0) is 14.8. The van der Waals surface area contributed by atoms with Crippen LogP contribution in [0.2, 0.25) is 0 Å². The molecule has 0 aliphatic heterocycles. The summed E-state index contributed by atoms with van der Waals surface area (Å²) in [6.07, 6.45) is 3.64. The Labute approximate surface area is 120 Å². The first kappa shape index (κ1) is 17.8. The van der Waals surface area contributed by atoms with E-state index in [1.165, 1.54) is 6.42 Å². The smallest absolute Gasteiger partial charge is 0.171 e. The van der Waals surface area contributed by atoms with Crippen LogP contribution in [0.5, 0.6) is 0 Å². The number of aliphatic hydroxyl groups is 3. The average molecular weight is 292 g/mol. The largest absolute Gasteiger partial charge is 0.396 e. The van der Waals surface area contributed by atoms with Gasteiger partial charge in [-0.05, 0) is 19.8 Å². The molecule has 2 atom stereocenters. The summed E-state index contributed by atoms with van der Waals surface area (Å²) in [7, 11) is 0. The van der Waals surface area contributed by atoms with Crippen LogP contribution >= 0.6 is 0 Å². The zero-order valence-electron chi connectivity index (χ0n) is 12.3. The summed E-state index contributed by atoms with van der Waals surface area (Å²) >= 11 is 0. The van der Waals surface area contributed by atoms with E-state index in [-0.39, 0.29) is 19.8 Å². The second-order valence-corrected chi connectivity index (χ2v) is 5.13. The quantitative estimate of drug-likeness (QED) is 0.516. The Morgan fingerprint density at radius 1 is 1.15 bits per heavy atom. The van der Waals surface area contributed by atoms with E-state index in [0.717, 1.165) is 25.7 Å². The van der Waals surface area contributed by atoms with E-state index in [4.69, 9.17) is 24.4 Å². The minimum Gasteiger partial charge on any atom is -0.396 e. The van der Waals surface area contributed by atoms with Gasteiger partial charge in [0.25, 0.3) is 0 Å². The summed E-state index contributed by atoms with van der Waals surface area (Å²) in [5.74, 6) is -0.642. The molecule has 20 heavy (non-hydrogen) atoms. The van der Waals surface area contributed by atoms with Crippen LogP contribution in [-0.4, -0.2) is 59.9 Å². The number of aliphatic hydroxyl groups excluding tert-OH is 3. The number of rotatable bonds is 10. The Hall–Kier alpha value is -0.240. The Morgan fingerprint density at radius 3 is 2.40 bits per heavy atom. The minimum atomic E-state index is -0.936. The van der Waals surface area contributed by atoms with E-state index in [9.17, 15) is 5.11 Å². The molecule has 0 heterocycles. The van der Waals surface area contributed by atoms with Crippen molar-refractivity contribution in [3.8, 4) is 0 Å². The third kappa shape index (κ3) is 6.03. The van der Waals surface area contributed by atoms with E-state index >= 15 is 0 Å². The van der Waals surface area contributed by atoms with Gasteiger partial charge in [0.05, 0.1) is 13.2 Å². The van der Waals surface area contributed by atoms with E-state index in [1.54, 1.807) is 0 Å². The lowest BCUT2D eigenvalue weighted by Gasteiger charge is -2.39. The van der Waals surface area contributed by atoms with Gasteiger partial charge in [0.15, 0.2) is 12.1 Å². The first-order valence-corrected chi connectivity index (χ1v) is 7.49. The molecule has 0 saturated heterocycles. The maximum atomic E-state index is 9.32. The Morgan fingerprint density at radius 2 is 1.85 bits per heavy atom. The third-order valence-electron chi connectivity index (χ3n) is 3.42. The van der Waals surface area contributed by atoms with Crippen LogP contribution < -0.4 is 0 Å². The molecule has 1 saturated carbocycles. The van der Waals surface area contributed by atoms with E-state index in [1.807, 2.05) is 6.92 Å². The monoisotopic (exact) mass is 292 g/mol. The molecule has 0 aromatic rings. The minimum absolute atomic E-state index is 0.0244. The molecule has 0 radical (unpaired) electrons. The van der Waals surface area contributed by atoms with Gasteiger partial charge in [0.1, 0.15) is 6.10 Å². The van der Waals surface area contributed by atoms with Crippen LogP contribution in [-0.2, 0) is 14.2 Å². The number of ether oxygens (including phenoxy) is 3. The molecule has 0 bridgehead atoms. The topological polar surface area (TPSA) is 88.4 Å². The normalized spacial score (nSPS) is 21.6. The van der Waals surface area contributed by atoms with Crippen molar-refractivity contribution >= 4 is 0 Å². The van der Waals surface area contributed by atoms with Gasteiger partial charge in [0.2, 0.25) is 0 Å². The van der Waals surface area contributed by atoms with Crippen LogP contribution in [0.3, 0.4) is 0 Å². The van der Waals surface area contributed by atoms with Gasteiger partial charge in [0, 0.05) is 32.5 Å². The molecule has 0 aromatic carbocycles. The molecule has 1 aliphatic rings. The van der Waals surface area contributed by atoms with Crippen molar-refractivity contribution in [3.05, 3.63) is 0 Å². The van der Waals surface area contributed by atoms with Crippen molar-refractivity contribution < 1.29 is 29.5 Å². The van der Waals surface area contributed by atoms with Gasteiger partial charge in [-0.15, -0.1) is 0 Å². The fraction of sp³-hybridized carbons (Fsp3) is 1.00. The summed E-state index contributed by atoms with van der Waals surface area (Å²) in [5.41, 5.74) is 0. The Kier molecular flexibility index (Phi) is 8.60. The van der Waals surface area contributed by atoms with Gasteiger partial charge in [-0.3, -0.25) is 0 Å². The van der Waals surface area contributed by atoms with E-state index in [2.05, 4.69) is 0 Å². The van der Waals surface area contributed by atoms with E-state index < -0.39 is 18.2 Å². The summed E-state index contributed by atoms with van der Waals surface area (Å²) in [4.78, 5) is 0. The summed E-state index contributed by atoms with van der Waals surface area (Å²) in [5, 5.41) is 27.2. The van der Waals surface area contributed by atoms with Crippen LogP contribution in [0.1, 0.15) is 45.4 Å². The molecule has 1 fully saturated rings. The maximum absolute atomic E-state index is 9.32. The SMILES string of the molecule is CCOC1(O[C@H](CCO)OCC(O)CO)CCCCC1. The van der Waals surface area contributed by atoms with Crippen LogP contribution in [0.25, 0.3) is 0 Å². The highest BCUT2D eigenvalue weighted by Gasteiger charge is 2.36. The van der Waals surface area contributed by atoms with Gasteiger partial charge < -0.3 is 29.5 Å². The van der Waals surface area contributed by atoms with Gasteiger partial charge in [-0.2, -0.15) is 0 Å². The number of hydrogen-bond acceptors (Lipinski definition) is 6. The second kappa shape index (κ2) is 9.65. The van der Waals surface area contributed by atoms with Crippen molar-refractivity contribution in [3.63, 3.8) is 0 Å². The Bertz CT molecular complexity index is 236. The molecule has 1 rings (SSSR count). The number of hydrogen-bond donors (Lipinski definition) is 3. The fourth-order valence-corrected chi connectivity index (χ4v) is 2.44. The predicted octanol–water partition coefficient (Wildman–Crippen LogP) is 0.778. The fourth-order valence-electron chi connectivity index (χ4n) is 2.44. The van der Waals surface area contributed by atoms with E-state index in [0.29, 0.717) is 13.0 Å². The summed E-state index contributed by atoms with van der Waals surface area (Å²) in [6, 6.07) is 0. The molecular formula is C14H28O6. The van der Waals surface area contributed by atoms with Crippen LogP contribution in [0.15, 0.2) is 0 Å². The standard InChI is InChI=1S/C14H28O6/c1-2-19-14(7-4-3-5-8-14)20-13(6-9-15)18-11-12(17)10-16/h12-13,15-17H,2-11H2,1H3/t12?,13-/m1/s1. The highest BCUT2D eigenvalue weighted by molar-refractivity contribution is 4.76. The zero-order valence-corrected chi connectivity index (χ0v) is 12.3. The highest BCUT2D eigenvalue weighted by atomic mass is 16.8. The lowest BCUT2D eigenvalue weighted by Crippen LogP contribution is -2.43. The second-order valence-electron chi connectivity index (χ2n) is 5.13. The molecule has 6 nitrogen and oxygen atoms in total. The molecule has 6 heteroatoms. The van der Waals surface area contributed by atoms with Crippen LogP contribution in [0.4, 0.5) is 0 Å². The summed E-state index contributed by atoms with van der Waals surface area (Å²) in [6.45, 7) is 2.04. The highest BCUT2D eigenvalue weighted by Crippen LogP contribution is 2.34. The van der Waals surface area contributed by atoms with Gasteiger partial charge >= 0.3 is 0 Å². The molecule has 1 aliphatic carbocycles. The van der Waals surface area contributed by atoms with Gasteiger partial charge in [-0.25, -0.2) is 0 Å². The molecular weight excluding hydrogens is 264 g/mol. The van der Waals surface area contributed by atoms with Crippen LogP contribution in [0, 0.1) is 0 Å². The van der Waals surface area contributed by atoms with Crippen molar-refractivity contribution in [1.29, 1.82) is 0 Å². The van der Waals surface area contributed by atoms with Crippen molar-refractivity contribution in [2.45, 2.75) is 63.6 Å². The first-order chi connectivity index (χ1) is 9.65. The molecule has 0 spiro atoms. The maximum Gasteiger partial charge on any atom is 0.171 e. The molecule has 120 valence electrons. The lowest BCUT2D eigenvalue weighted by atomic mass is 9.94. The summed E-state index contributed by atoms with van der Waals surface area (Å²) < 4.78 is 17.2. The van der Waals surface area contributed by atoms with Crippen molar-refractivity contribution in [2.75, 3.05) is 26.4 Å². The van der Waals surface area contributed by atoms with Crippen molar-refractivity contribution in [2.24, 2.45) is 0 Å².